The number of ether oxygens (including phenoxy) is 2. The van der Waals surface area contributed by atoms with E-state index in [1.807, 2.05) is 12.1 Å². The Morgan fingerprint density at radius 1 is 1.50 bits per heavy atom. The van der Waals surface area contributed by atoms with Crippen molar-refractivity contribution < 1.29 is 9.47 Å². The van der Waals surface area contributed by atoms with E-state index in [-0.39, 0.29) is 0 Å². The maximum Gasteiger partial charge on any atom is 0.137 e. The smallest absolute Gasteiger partial charge is 0.137 e. The zero-order chi connectivity index (χ0) is 12.6. The van der Waals surface area contributed by atoms with Gasteiger partial charge in [-0.3, -0.25) is 4.98 Å². The summed E-state index contributed by atoms with van der Waals surface area (Å²) in [6, 6.07) is 4.01. The summed E-state index contributed by atoms with van der Waals surface area (Å²) in [6.45, 7) is 6.44. The van der Waals surface area contributed by atoms with Gasteiger partial charge in [0.1, 0.15) is 5.75 Å². The number of hydrogen-bond acceptors (Lipinski definition) is 4. The van der Waals surface area contributed by atoms with Crippen LogP contribution < -0.4 is 10.1 Å². The molecule has 1 aliphatic heterocycles. The van der Waals surface area contributed by atoms with Gasteiger partial charge < -0.3 is 14.8 Å². The molecule has 0 spiro atoms. The molecule has 0 aromatic carbocycles. The first-order valence-corrected chi connectivity index (χ1v) is 6.74. The number of pyridine rings is 1. The summed E-state index contributed by atoms with van der Waals surface area (Å²) in [6.07, 6.45) is 4.05. The summed E-state index contributed by atoms with van der Waals surface area (Å²) in [5.41, 5.74) is 1.06. The molecule has 1 unspecified atom stereocenters. The normalized spacial score (nSPS) is 19.1. The molecule has 1 atom stereocenters. The predicted octanol–water partition coefficient (Wildman–Crippen LogP) is 2.00. The maximum atomic E-state index is 5.71. The van der Waals surface area contributed by atoms with E-state index in [0.29, 0.717) is 5.92 Å². The standard InChI is InChI=1S/C14H22N2O2/c1-2-6-15-8-13-3-4-14(9-16-13)18-11-12-5-7-17-10-12/h3-4,9,12,15H,2,5-8,10-11H2,1H3. The van der Waals surface area contributed by atoms with E-state index >= 15 is 0 Å². The Bertz CT molecular complexity index is 334. The summed E-state index contributed by atoms with van der Waals surface area (Å²) in [7, 11) is 0. The lowest BCUT2D eigenvalue weighted by atomic mass is 10.1. The third-order valence-corrected chi connectivity index (χ3v) is 3.04. The van der Waals surface area contributed by atoms with Crippen LogP contribution in [0.4, 0.5) is 0 Å². The zero-order valence-corrected chi connectivity index (χ0v) is 11.0. The van der Waals surface area contributed by atoms with Crippen LogP contribution in [0.2, 0.25) is 0 Å². The van der Waals surface area contributed by atoms with Crippen LogP contribution in [0.5, 0.6) is 5.75 Å². The van der Waals surface area contributed by atoms with Crippen LogP contribution in [-0.2, 0) is 11.3 Å². The molecule has 1 aromatic heterocycles. The average molecular weight is 250 g/mol. The summed E-state index contributed by atoms with van der Waals surface area (Å²) >= 11 is 0. The van der Waals surface area contributed by atoms with Crippen molar-refractivity contribution in [1.29, 1.82) is 0 Å². The van der Waals surface area contributed by atoms with E-state index in [0.717, 1.165) is 57.2 Å². The molecule has 0 aliphatic carbocycles. The Kier molecular flexibility index (Phi) is 5.42. The van der Waals surface area contributed by atoms with Crippen LogP contribution in [-0.4, -0.2) is 31.3 Å². The van der Waals surface area contributed by atoms with Crippen LogP contribution in [0.25, 0.3) is 0 Å². The Balaban J connectivity index is 1.72. The number of rotatable bonds is 7. The van der Waals surface area contributed by atoms with E-state index in [1.54, 1.807) is 6.20 Å². The van der Waals surface area contributed by atoms with Gasteiger partial charge in [0.25, 0.3) is 0 Å². The largest absolute Gasteiger partial charge is 0.492 e. The summed E-state index contributed by atoms with van der Waals surface area (Å²) in [5, 5.41) is 3.33. The molecular formula is C14H22N2O2. The highest BCUT2D eigenvalue weighted by Crippen LogP contribution is 2.15. The molecule has 0 radical (unpaired) electrons. The van der Waals surface area contributed by atoms with Gasteiger partial charge in [-0.2, -0.15) is 0 Å². The lowest BCUT2D eigenvalue weighted by Crippen LogP contribution is -2.15. The summed E-state index contributed by atoms with van der Waals surface area (Å²) in [5.74, 6) is 1.39. The van der Waals surface area contributed by atoms with Crippen LogP contribution >= 0.6 is 0 Å². The van der Waals surface area contributed by atoms with E-state index in [9.17, 15) is 0 Å². The number of nitrogens with zero attached hydrogens (tertiary/aromatic N) is 1. The monoisotopic (exact) mass is 250 g/mol. The molecule has 4 heteroatoms. The molecule has 100 valence electrons. The minimum absolute atomic E-state index is 0.538. The van der Waals surface area contributed by atoms with Gasteiger partial charge in [-0.15, -0.1) is 0 Å². The van der Waals surface area contributed by atoms with Crippen molar-refractivity contribution in [2.24, 2.45) is 5.92 Å². The zero-order valence-electron chi connectivity index (χ0n) is 11.0. The highest BCUT2D eigenvalue weighted by atomic mass is 16.5. The molecule has 18 heavy (non-hydrogen) atoms. The van der Waals surface area contributed by atoms with Crippen molar-refractivity contribution in [3.63, 3.8) is 0 Å². The van der Waals surface area contributed by atoms with Crippen molar-refractivity contribution in [2.75, 3.05) is 26.4 Å². The van der Waals surface area contributed by atoms with E-state index in [1.165, 1.54) is 0 Å². The number of hydrogen-bond donors (Lipinski definition) is 1. The van der Waals surface area contributed by atoms with Crippen molar-refractivity contribution in [1.82, 2.24) is 10.3 Å². The fourth-order valence-electron chi connectivity index (χ4n) is 1.92. The highest BCUT2D eigenvalue weighted by molar-refractivity contribution is 5.19. The third-order valence-electron chi connectivity index (χ3n) is 3.04. The Labute approximate surface area is 109 Å². The van der Waals surface area contributed by atoms with Crippen LogP contribution in [0, 0.1) is 5.92 Å². The van der Waals surface area contributed by atoms with Crippen LogP contribution in [0.3, 0.4) is 0 Å². The fraction of sp³-hybridized carbons (Fsp3) is 0.643. The minimum atomic E-state index is 0.538. The summed E-state index contributed by atoms with van der Waals surface area (Å²) < 4.78 is 11.0. The molecule has 2 heterocycles. The first-order chi connectivity index (χ1) is 8.88. The molecule has 0 bridgehead atoms. The van der Waals surface area contributed by atoms with Crippen molar-refractivity contribution in [3.05, 3.63) is 24.0 Å². The molecule has 2 rings (SSSR count). The van der Waals surface area contributed by atoms with Gasteiger partial charge in [-0.05, 0) is 31.5 Å². The van der Waals surface area contributed by atoms with Crippen molar-refractivity contribution >= 4 is 0 Å². The maximum absolute atomic E-state index is 5.71. The van der Waals surface area contributed by atoms with E-state index < -0.39 is 0 Å². The Morgan fingerprint density at radius 2 is 2.44 bits per heavy atom. The van der Waals surface area contributed by atoms with Gasteiger partial charge in [-0.25, -0.2) is 0 Å². The first kappa shape index (κ1) is 13.3. The molecule has 0 amide bonds. The van der Waals surface area contributed by atoms with Gasteiger partial charge in [0.05, 0.1) is 25.1 Å². The van der Waals surface area contributed by atoms with E-state index in [2.05, 4.69) is 17.2 Å². The quantitative estimate of drug-likeness (QED) is 0.752. The average Bonchev–Trinajstić information content (AvgIpc) is 2.91. The molecule has 1 N–H and O–H groups in total. The number of aromatic nitrogens is 1. The second-order valence-electron chi connectivity index (χ2n) is 4.70. The fourth-order valence-corrected chi connectivity index (χ4v) is 1.92. The van der Waals surface area contributed by atoms with Crippen LogP contribution in [0.15, 0.2) is 18.3 Å². The number of nitrogens with one attached hydrogen (secondary N) is 1. The first-order valence-electron chi connectivity index (χ1n) is 6.74. The van der Waals surface area contributed by atoms with Gasteiger partial charge >= 0.3 is 0 Å². The van der Waals surface area contributed by atoms with Gasteiger partial charge in [-0.1, -0.05) is 6.92 Å². The molecular weight excluding hydrogens is 228 g/mol. The Hall–Kier alpha value is -1.13. The van der Waals surface area contributed by atoms with E-state index in [4.69, 9.17) is 9.47 Å². The van der Waals surface area contributed by atoms with Gasteiger partial charge in [0.2, 0.25) is 0 Å². The second kappa shape index (κ2) is 7.34. The SMILES string of the molecule is CCCNCc1ccc(OCC2CCOC2)cn1. The van der Waals surface area contributed by atoms with Crippen LogP contribution in [0.1, 0.15) is 25.5 Å². The molecule has 1 saturated heterocycles. The van der Waals surface area contributed by atoms with Gasteiger partial charge in [0.15, 0.2) is 0 Å². The second-order valence-corrected chi connectivity index (χ2v) is 4.70. The topological polar surface area (TPSA) is 43.4 Å². The lowest BCUT2D eigenvalue weighted by molar-refractivity contribution is 0.167. The molecule has 1 aromatic rings. The lowest BCUT2D eigenvalue weighted by Gasteiger charge is -2.10. The summed E-state index contributed by atoms with van der Waals surface area (Å²) in [4.78, 5) is 4.38. The highest BCUT2D eigenvalue weighted by Gasteiger charge is 2.16. The molecule has 1 aliphatic rings. The minimum Gasteiger partial charge on any atom is -0.492 e. The molecule has 4 nitrogen and oxygen atoms in total. The predicted molar refractivity (Wildman–Crippen MR) is 70.7 cm³/mol. The van der Waals surface area contributed by atoms with Crippen molar-refractivity contribution in [2.45, 2.75) is 26.3 Å². The molecule has 0 saturated carbocycles. The van der Waals surface area contributed by atoms with Crippen molar-refractivity contribution in [3.8, 4) is 5.75 Å². The molecule has 1 fully saturated rings. The Morgan fingerprint density at radius 3 is 3.11 bits per heavy atom. The third kappa shape index (κ3) is 4.27. The van der Waals surface area contributed by atoms with Gasteiger partial charge in [0, 0.05) is 19.1 Å².